The van der Waals surface area contributed by atoms with E-state index in [0.717, 1.165) is 0 Å². The van der Waals surface area contributed by atoms with Gasteiger partial charge in [-0.2, -0.15) is 0 Å². The van der Waals surface area contributed by atoms with Crippen LogP contribution in [0.2, 0.25) is 0 Å². The molecule has 111 heavy (non-hydrogen) atoms. The topological polar surface area (TPSA) is 320 Å². The van der Waals surface area contributed by atoms with E-state index in [9.17, 15) is 28.8 Å². The van der Waals surface area contributed by atoms with Crippen molar-refractivity contribution in [1.29, 1.82) is 0 Å². The predicted octanol–water partition coefficient (Wildman–Crippen LogP) is 16.1. The SMILES string of the molecule is CC(=O)Oc1ccc(COP(=O)(OCc2ccc(OC(C)=O)cc2)O[C@@H]2[C@@H](OCc3ccccc3)[C@@H](OCc3ccccc3)[C@@H](OP(=O)(OCc3ccc(OC(C)=O)cc3)OCc3ccc(OC(C)=O)cc3)[C@H](OP(=O)(OCc3ccc(OC(C)=O)cc3)OCc3ccc(OC(C)=O)cc3)[C@H]2OCc2ccccc2)cc1. The normalized spacial score (nSPS) is 16.4. The van der Waals surface area contributed by atoms with Gasteiger partial charge in [0, 0.05) is 41.5 Å². The third kappa shape index (κ3) is 27.2. The van der Waals surface area contributed by atoms with Crippen molar-refractivity contribution in [2.75, 3.05) is 0 Å². The lowest BCUT2D eigenvalue weighted by atomic mass is 9.84. The number of benzene rings is 9. The summed E-state index contributed by atoms with van der Waals surface area (Å²) in [6, 6.07) is 62.6. The zero-order chi connectivity index (χ0) is 78.8. The molecule has 0 spiro atoms. The highest BCUT2D eigenvalue weighted by Gasteiger charge is 2.61. The van der Waals surface area contributed by atoms with Crippen LogP contribution in [0.5, 0.6) is 34.5 Å². The van der Waals surface area contributed by atoms with Crippen LogP contribution in [0.15, 0.2) is 237 Å². The van der Waals surface area contributed by atoms with Crippen LogP contribution in [0.3, 0.4) is 0 Å². The van der Waals surface area contributed by atoms with Gasteiger partial charge in [0.1, 0.15) is 71.1 Å². The first kappa shape index (κ1) is 83.5. The van der Waals surface area contributed by atoms with Gasteiger partial charge in [0.2, 0.25) is 0 Å². The molecule has 0 unspecified atom stereocenters. The molecule has 1 saturated carbocycles. The molecule has 582 valence electrons. The minimum Gasteiger partial charge on any atom is -0.427 e. The molecule has 0 radical (unpaired) electrons. The number of phosphoric acid groups is 3. The number of ether oxygens (including phenoxy) is 9. The van der Waals surface area contributed by atoms with Gasteiger partial charge >= 0.3 is 59.3 Å². The van der Waals surface area contributed by atoms with Crippen molar-refractivity contribution >= 4 is 59.3 Å². The molecule has 0 saturated heterocycles. The Morgan fingerprint density at radius 1 is 0.216 bits per heavy atom. The monoisotopic (exact) mass is 1580 g/mol. The van der Waals surface area contributed by atoms with Gasteiger partial charge in [0.25, 0.3) is 0 Å². The molecule has 10 rings (SSSR count). The minimum absolute atomic E-state index is 0.169. The van der Waals surface area contributed by atoms with Gasteiger partial charge in [0.15, 0.2) is 0 Å². The smallest absolute Gasteiger partial charge is 0.427 e. The second kappa shape index (κ2) is 40.8. The van der Waals surface area contributed by atoms with Gasteiger partial charge in [-0.3, -0.25) is 69.5 Å². The van der Waals surface area contributed by atoms with Crippen LogP contribution < -0.4 is 28.4 Å². The third-order valence-corrected chi connectivity index (χ3v) is 20.2. The molecule has 27 nitrogen and oxygen atoms in total. The zero-order valence-electron chi connectivity index (χ0n) is 61.2. The summed E-state index contributed by atoms with van der Waals surface area (Å²) in [6.45, 7) is 3.18. The summed E-state index contributed by atoms with van der Waals surface area (Å²) in [5.41, 5.74) is 3.75. The van der Waals surface area contributed by atoms with Crippen molar-refractivity contribution in [1.82, 2.24) is 0 Å². The summed E-state index contributed by atoms with van der Waals surface area (Å²) in [7, 11) is -16.0. The first-order valence-electron chi connectivity index (χ1n) is 34.7. The summed E-state index contributed by atoms with van der Waals surface area (Å²) >= 11 is 0. The average molecular weight is 1580 g/mol. The van der Waals surface area contributed by atoms with E-state index in [4.69, 9.17) is 83.3 Å². The summed E-state index contributed by atoms with van der Waals surface area (Å²) < 4.78 is 163. The van der Waals surface area contributed by atoms with Crippen LogP contribution in [0.25, 0.3) is 0 Å². The molecular weight excluding hydrogens is 1500 g/mol. The Labute approximate surface area is 640 Å². The molecule has 0 heterocycles. The van der Waals surface area contributed by atoms with Gasteiger partial charge in [-0.05, 0) is 123 Å². The van der Waals surface area contributed by atoms with Gasteiger partial charge in [-0.25, -0.2) is 13.7 Å². The molecule has 0 amide bonds. The van der Waals surface area contributed by atoms with Gasteiger partial charge in [-0.1, -0.05) is 164 Å². The van der Waals surface area contributed by atoms with E-state index in [2.05, 4.69) is 0 Å². The van der Waals surface area contributed by atoms with Crippen molar-refractivity contribution < 1.29 is 126 Å². The maximum atomic E-state index is 16.8. The molecule has 6 atom stereocenters. The van der Waals surface area contributed by atoms with E-state index in [0.29, 0.717) is 50.1 Å². The van der Waals surface area contributed by atoms with Crippen LogP contribution in [0, 0.1) is 0 Å². The molecule has 0 N–H and O–H groups in total. The molecule has 0 aromatic heterocycles. The second-order valence-corrected chi connectivity index (χ2v) is 29.8. The lowest BCUT2D eigenvalue weighted by molar-refractivity contribution is -0.255. The van der Waals surface area contributed by atoms with Crippen molar-refractivity contribution in [2.24, 2.45) is 0 Å². The summed E-state index contributed by atoms with van der Waals surface area (Å²) in [5, 5.41) is 0. The molecule has 1 aliphatic rings. The maximum absolute atomic E-state index is 16.8. The van der Waals surface area contributed by atoms with Crippen LogP contribution in [0.1, 0.15) is 91.6 Å². The Balaban J connectivity index is 1.20. The van der Waals surface area contributed by atoms with E-state index in [1.807, 2.05) is 0 Å². The van der Waals surface area contributed by atoms with E-state index >= 15 is 13.7 Å². The van der Waals surface area contributed by atoms with Crippen LogP contribution >= 0.6 is 23.5 Å². The van der Waals surface area contributed by atoms with Gasteiger partial charge < -0.3 is 42.6 Å². The van der Waals surface area contributed by atoms with Crippen molar-refractivity contribution in [2.45, 2.75) is 138 Å². The highest BCUT2D eigenvalue weighted by Crippen LogP contribution is 2.61. The zero-order valence-corrected chi connectivity index (χ0v) is 63.9. The molecular formula is C81H81O27P3. The number of carbonyl (C=O) groups is 6. The number of phosphoric ester groups is 3. The number of esters is 6. The van der Waals surface area contributed by atoms with E-state index in [-0.39, 0.29) is 54.3 Å². The first-order chi connectivity index (χ1) is 53.4. The lowest BCUT2D eigenvalue weighted by Gasteiger charge is -2.50. The minimum atomic E-state index is -5.40. The second-order valence-electron chi connectivity index (χ2n) is 24.9. The van der Waals surface area contributed by atoms with E-state index in [1.54, 1.807) is 115 Å². The summed E-state index contributed by atoms with van der Waals surface area (Å²) in [4.78, 5) is 72.3. The predicted molar refractivity (Wildman–Crippen MR) is 398 cm³/mol. The fourth-order valence-corrected chi connectivity index (χ4v) is 15.0. The van der Waals surface area contributed by atoms with Crippen molar-refractivity contribution in [3.8, 4) is 34.5 Å². The number of rotatable bonds is 39. The number of hydrogen-bond donors (Lipinski definition) is 0. The van der Waals surface area contributed by atoms with E-state index < -0.39 is 136 Å². The highest BCUT2D eigenvalue weighted by atomic mass is 31.2. The number of carbonyl (C=O) groups excluding carboxylic acids is 6. The standard InChI is InChI=1S/C81H81O27P3/c1-55(82)100-70-34-22-64(23-35-70)49-94-109(88,95-50-65-24-36-71(37-25-65)101-56(2)83)106-79-76(91-46-61-16-10-7-11-17-61)77(92-47-62-18-12-8-13-19-62)80(107-110(89,96-51-66-26-38-72(39-27-66)102-57(3)84)97-52-67-28-40-73(41-29-67)103-58(4)85)81(78(79)93-48-63-20-14-9-15-21-63)108-111(90,98-53-68-30-42-74(43-31-68)104-59(5)86)99-54-69-32-44-75(45-33-69)105-60(6)87/h7-45,76-81H,46-54H2,1-6H3/t76-,77+,78-,79+,80+,81+/m0/s1. The van der Waals surface area contributed by atoms with Crippen molar-refractivity contribution in [3.05, 3.63) is 287 Å². The van der Waals surface area contributed by atoms with Crippen LogP contribution in [-0.4, -0.2) is 72.4 Å². The largest absolute Gasteiger partial charge is 0.475 e. The van der Waals surface area contributed by atoms with Gasteiger partial charge in [-0.15, -0.1) is 0 Å². The Hall–Kier alpha value is -9.99. The van der Waals surface area contributed by atoms with E-state index in [1.165, 1.54) is 163 Å². The summed E-state index contributed by atoms with van der Waals surface area (Å²) in [5.74, 6) is -2.48. The average Bonchev–Trinajstić information content (AvgIpc) is 0.744. The Morgan fingerprint density at radius 3 is 0.541 bits per heavy atom. The first-order valence-corrected chi connectivity index (χ1v) is 39.1. The van der Waals surface area contributed by atoms with Crippen LogP contribution in [0.4, 0.5) is 0 Å². The molecule has 1 aliphatic carbocycles. The van der Waals surface area contributed by atoms with Crippen LogP contribution in [-0.2, 0) is 157 Å². The lowest BCUT2D eigenvalue weighted by Crippen LogP contribution is -2.67. The molecule has 30 heteroatoms. The Kier molecular flexibility index (Phi) is 30.7. The maximum Gasteiger partial charge on any atom is 0.475 e. The fraction of sp³-hybridized carbons (Fsp3) is 0.259. The molecule has 1 fully saturated rings. The molecule has 0 aliphatic heterocycles. The quantitative estimate of drug-likeness (QED) is 0.0196. The Bertz CT molecular complexity index is 4470. The molecule has 9 aromatic rings. The highest BCUT2D eigenvalue weighted by molar-refractivity contribution is 7.49. The molecule has 9 aromatic carbocycles. The summed E-state index contributed by atoms with van der Waals surface area (Å²) in [6.07, 6.45) is -11.6. The van der Waals surface area contributed by atoms with Gasteiger partial charge in [0.05, 0.1) is 59.5 Å². The number of hydrogen-bond acceptors (Lipinski definition) is 27. The molecule has 0 bridgehead atoms. The fourth-order valence-electron chi connectivity index (χ4n) is 10.9. The van der Waals surface area contributed by atoms with Crippen molar-refractivity contribution in [3.63, 3.8) is 0 Å². The third-order valence-electron chi connectivity index (χ3n) is 16.0. The Morgan fingerprint density at radius 2 is 0.369 bits per heavy atom.